The number of nitrogens with one attached hydrogen (secondary N) is 1. The van der Waals surface area contributed by atoms with E-state index < -0.39 is 11.5 Å². The van der Waals surface area contributed by atoms with Crippen LogP contribution in [0.5, 0.6) is 5.75 Å². The van der Waals surface area contributed by atoms with Gasteiger partial charge in [0.15, 0.2) is 11.3 Å². The van der Waals surface area contributed by atoms with Crippen LogP contribution in [0.2, 0.25) is 0 Å². The van der Waals surface area contributed by atoms with E-state index in [0.29, 0.717) is 29.0 Å². The number of para-hydroxylation sites is 1. The number of nitrogens with zero attached hydrogens (tertiary/aromatic N) is 2. The standard InChI is InChI=1S/C22H19N3O5S/c1-2-29-17-6-3-5-14-13-15(22(28)30-20(14)17)21(27)23-10-11-25-19(26)9-8-16(24-25)18-7-4-12-31-18/h3-9,12-13H,2,10-11H2,1H3,(H,23,27). The number of fused-ring (bicyclic) bond motifs is 1. The number of hydrogen-bond acceptors (Lipinski definition) is 7. The van der Waals surface area contributed by atoms with Gasteiger partial charge in [0.05, 0.1) is 18.0 Å². The van der Waals surface area contributed by atoms with Crippen molar-refractivity contribution in [1.82, 2.24) is 15.1 Å². The van der Waals surface area contributed by atoms with Crippen molar-refractivity contribution in [3.8, 4) is 16.3 Å². The zero-order chi connectivity index (χ0) is 21.8. The number of aromatic nitrogens is 2. The molecule has 31 heavy (non-hydrogen) atoms. The number of thiophene rings is 1. The molecule has 1 N–H and O–H groups in total. The second kappa shape index (κ2) is 8.97. The number of benzene rings is 1. The summed E-state index contributed by atoms with van der Waals surface area (Å²) in [7, 11) is 0. The van der Waals surface area contributed by atoms with Gasteiger partial charge in [-0.2, -0.15) is 5.10 Å². The third-order valence-corrected chi connectivity index (χ3v) is 5.41. The van der Waals surface area contributed by atoms with Gasteiger partial charge in [0.1, 0.15) is 11.3 Å². The fourth-order valence-electron chi connectivity index (χ4n) is 3.08. The van der Waals surface area contributed by atoms with Crippen LogP contribution in [0, 0.1) is 0 Å². The van der Waals surface area contributed by atoms with Crippen LogP contribution in [0.4, 0.5) is 0 Å². The smallest absolute Gasteiger partial charge is 0.349 e. The second-order valence-corrected chi connectivity index (χ2v) is 7.52. The minimum absolute atomic E-state index is 0.117. The van der Waals surface area contributed by atoms with Gasteiger partial charge >= 0.3 is 5.63 Å². The van der Waals surface area contributed by atoms with E-state index in [-0.39, 0.29) is 24.2 Å². The first-order chi connectivity index (χ1) is 15.1. The predicted octanol–water partition coefficient (Wildman–Crippen LogP) is 2.91. The van der Waals surface area contributed by atoms with E-state index in [1.54, 1.807) is 24.3 Å². The second-order valence-electron chi connectivity index (χ2n) is 6.57. The van der Waals surface area contributed by atoms with Crippen LogP contribution in [0.25, 0.3) is 21.5 Å². The van der Waals surface area contributed by atoms with E-state index in [2.05, 4.69) is 10.4 Å². The Bertz CT molecular complexity index is 1340. The number of amides is 1. The molecule has 0 spiro atoms. The number of ether oxygens (including phenoxy) is 1. The zero-order valence-corrected chi connectivity index (χ0v) is 17.5. The van der Waals surface area contributed by atoms with Crippen molar-refractivity contribution in [2.24, 2.45) is 0 Å². The van der Waals surface area contributed by atoms with E-state index in [4.69, 9.17) is 9.15 Å². The number of carbonyl (C=O) groups excluding carboxylic acids is 1. The summed E-state index contributed by atoms with van der Waals surface area (Å²) in [4.78, 5) is 37.9. The molecular weight excluding hydrogens is 418 g/mol. The van der Waals surface area contributed by atoms with Gasteiger partial charge < -0.3 is 14.5 Å². The molecule has 9 heteroatoms. The van der Waals surface area contributed by atoms with Crippen LogP contribution in [0.15, 0.2) is 67.9 Å². The first-order valence-electron chi connectivity index (χ1n) is 9.66. The van der Waals surface area contributed by atoms with E-state index in [0.717, 1.165) is 4.88 Å². The molecule has 0 radical (unpaired) electrons. The molecule has 8 nitrogen and oxygen atoms in total. The molecule has 1 amide bonds. The van der Waals surface area contributed by atoms with Crippen LogP contribution in [-0.2, 0) is 6.54 Å². The minimum Gasteiger partial charge on any atom is -0.490 e. The van der Waals surface area contributed by atoms with Gasteiger partial charge in [0, 0.05) is 18.0 Å². The van der Waals surface area contributed by atoms with Crippen molar-refractivity contribution in [2.45, 2.75) is 13.5 Å². The van der Waals surface area contributed by atoms with E-state index in [9.17, 15) is 14.4 Å². The zero-order valence-electron chi connectivity index (χ0n) is 16.7. The Morgan fingerprint density at radius 3 is 2.84 bits per heavy atom. The van der Waals surface area contributed by atoms with Crippen LogP contribution >= 0.6 is 11.3 Å². The molecule has 0 saturated carbocycles. The van der Waals surface area contributed by atoms with Crippen LogP contribution < -0.4 is 21.2 Å². The molecule has 0 bridgehead atoms. The lowest BCUT2D eigenvalue weighted by Gasteiger charge is -2.09. The highest BCUT2D eigenvalue weighted by molar-refractivity contribution is 7.13. The Morgan fingerprint density at radius 2 is 2.06 bits per heavy atom. The highest BCUT2D eigenvalue weighted by Crippen LogP contribution is 2.25. The SMILES string of the molecule is CCOc1cccc2cc(C(=O)NCCn3nc(-c4cccs4)ccc3=O)c(=O)oc12. The normalized spacial score (nSPS) is 10.9. The molecule has 3 aromatic heterocycles. The van der Waals surface area contributed by atoms with Crippen molar-refractivity contribution in [2.75, 3.05) is 13.2 Å². The molecule has 0 saturated heterocycles. The maximum absolute atomic E-state index is 12.5. The van der Waals surface area contributed by atoms with Gasteiger partial charge in [0.25, 0.3) is 11.5 Å². The summed E-state index contributed by atoms with van der Waals surface area (Å²) < 4.78 is 12.1. The Kier molecular flexibility index (Phi) is 5.94. The molecule has 158 valence electrons. The summed E-state index contributed by atoms with van der Waals surface area (Å²) in [5.74, 6) is -0.139. The highest BCUT2D eigenvalue weighted by Gasteiger charge is 2.15. The summed E-state index contributed by atoms with van der Waals surface area (Å²) in [6, 6.07) is 13.6. The van der Waals surface area contributed by atoms with Crippen molar-refractivity contribution in [3.63, 3.8) is 0 Å². The van der Waals surface area contributed by atoms with Crippen molar-refractivity contribution < 1.29 is 13.9 Å². The van der Waals surface area contributed by atoms with Gasteiger partial charge in [-0.1, -0.05) is 18.2 Å². The van der Waals surface area contributed by atoms with Crippen LogP contribution in [0.1, 0.15) is 17.3 Å². The largest absolute Gasteiger partial charge is 0.490 e. The van der Waals surface area contributed by atoms with Gasteiger partial charge in [-0.25, -0.2) is 9.48 Å². The average Bonchev–Trinajstić information content (AvgIpc) is 3.30. The molecular formula is C22H19N3O5S. The molecule has 3 heterocycles. The van der Waals surface area contributed by atoms with E-state index in [1.807, 2.05) is 24.4 Å². The molecule has 0 aliphatic carbocycles. The Labute approximate surface area is 180 Å². The highest BCUT2D eigenvalue weighted by atomic mass is 32.1. The number of carbonyl (C=O) groups is 1. The van der Waals surface area contributed by atoms with Crippen molar-refractivity contribution >= 4 is 28.2 Å². The molecule has 0 unspecified atom stereocenters. The van der Waals surface area contributed by atoms with Gasteiger partial charge in [-0.3, -0.25) is 9.59 Å². The molecule has 0 aliphatic rings. The van der Waals surface area contributed by atoms with Crippen molar-refractivity contribution in [1.29, 1.82) is 0 Å². The average molecular weight is 437 g/mol. The predicted molar refractivity (Wildman–Crippen MR) is 118 cm³/mol. The summed E-state index contributed by atoms with van der Waals surface area (Å²) in [5, 5.41) is 9.50. The molecule has 0 fully saturated rings. The Balaban J connectivity index is 1.49. The van der Waals surface area contributed by atoms with Gasteiger partial charge in [0.2, 0.25) is 0 Å². The molecule has 0 aliphatic heterocycles. The summed E-state index contributed by atoms with van der Waals surface area (Å²) in [5.41, 5.74) is -0.169. The first kappa shape index (κ1) is 20.5. The minimum atomic E-state index is -0.757. The fourth-order valence-corrected chi connectivity index (χ4v) is 3.77. The summed E-state index contributed by atoms with van der Waals surface area (Å²) >= 11 is 1.52. The Morgan fingerprint density at radius 1 is 1.19 bits per heavy atom. The first-order valence-corrected chi connectivity index (χ1v) is 10.5. The molecule has 1 aromatic carbocycles. The van der Waals surface area contributed by atoms with E-state index >= 15 is 0 Å². The lowest BCUT2D eigenvalue weighted by molar-refractivity contribution is 0.0948. The maximum Gasteiger partial charge on any atom is 0.349 e. The molecule has 4 rings (SSSR count). The lowest BCUT2D eigenvalue weighted by Crippen LogP contribution is -2.33. The van der Waals surface area contributed by atoms with Crippen LogP contribution in [0.3, 0.4) is 0 Å². The Hall–Kier alpha value is -3.72. The van der Waals surface area contributed by atoms with Gasteiger partial charge in [-0.15, -0.1) is 11.3 Å². The van der Waals surface area contributed by atoms with Crippen molar-refractivity contribution in [3.05, 3.63) is 80.2 Å². The lowest BCUT2D eigenvalue weighted by atomic mass is 10.1. The third kappa shape index (κ3) is 4.41. The molecule has 0 atom stereocenters. The number of rotatable bonds is 7. The topological polar surface area (TPSA) is 103 Å². The maximum atomic E-state index is 12.5. The fraction of sp³-hybridized carbons (Fsp3) is 0.182. The van der Waals surface area contributed by atoms with Gasteiger partial charge in [-0.05, 0) is 36.6 Å². The van der Waals surface area contributed by atoms with E-state index in [1.165, 1.54) is 28.2 Å². The van der Waals surface area contributed by atoms with Crippen LogP contribution in [-0.4, -0.2) is 28.8 Å². The monoisotopic (exact) mass is 437 g/mol. The quantitative estimate of drug-likeness (QED) is 0.446. The number of hydrogen-bond donors (Lipinski definition) is 1. The third-order valence-electron chi connectivity index (χ3n) is 4.52. The molecule has 4 aromatic rings. The summed E-state index contributed by atoms with van der Waals surface area (Å²) in [6.07, 6.45) is 0. The summed E-state index contributed by atoms with van der Waals surface area (Å²) in [6.45, 7) is 2.54.